The number of hydrogen-bond acceptors (Lipinski definition) is 4. The van der Waals surface area contributed by atoms with Gasteiger partial charge in [0.25, 0.3) is 5.91 Å². The molecule has 90 valence electrons. The molecule has 0 saturated carbocycles. The van der Waals surface area contributed by atoms with E-state index in [1.54, 1.807) is 12.4 Å². The highest BCUT2D eigenvalue weighted by Gasteiger charge is 2.15. The average molecular weight is 234 g/mol. The SMILES string of the molecule is CCc1nc(C(=O)NC(C)c2cn[nH]c2)n[nH]1. The second-order valence-electron chi connectivity index (χ2n) is 3.69. The highest BCUT2D eigenvalue weighted by molar-refractivity contribution is 5.90. The predicted octanol–water partition coefficient (Wildman–Crippen LogP) is 0.581. The summed E-state index contributed by atoms with van der Waals surface area (Å²) in [5.41, 5.74) is 0.907. The largest absolute Gasteiger partial charge is 0.343 e. The molecule has 0 saturated heterocycles. The van der Waals surface area contributed by atoms with Crippen LogP contribution in [0.2, 0.25) is 0 Å². The molecular weight excluding hydrogens is 220 g/mol. The summed E-state index contributed by atoms with van der Waals surface area (Å²) in [4.78, 5) is 15.9. The molecule has 0 aromatic carbocycles. The van der Waals surface area contributed by atoms with Gasteiger partial charge in [-0.1, -0.05) is 6.92 Å². The van der Waals surface area contributed by atoms with Crippen LogP contribution in [0.1, 0.15) is 41.9 Å². The van der Waals surface area contributed by atoms with Gasteiger partial charge >= 0.3 is 0 Å². The van der Waals surface area contributed by atoms with Crippen LogP contribution in [-0.4, -0.2) is 31.3 Å². The summed E-state index contributed by atoms with van der Waals surface area (Å²) in [5.74, 6) is 0.568. The van der Waals surface area contributed by atoms with Crippen molar-refractivity contribution >= 4 is 5.91 Å². The first-order valence-electron chi connectivity index (χ1n) is 5.41. The molecule has 2 aromatic heterocycles. The van der Waals surface area contributed by atoms with Crippen LogP contribution in [0.5, 0.6) is 0 Å². The average Bonchev–Trinajstić information content (AvgIpc) is 3.00. The van der Waals surface area contributed by atoms with Crippen molar-refractivity contribution in [1.82, 2.24) is 30.7 Å². The van der Waals surface area contributed by atoms with E-state index in [0.717, 1.165) is 12.0 Å². The molecule has 0 spiro atoms. The third-order valence-corrected chi connectivity index (χ3v) is 2.44. The molecule has 1 atom stereocenters. The van der Waals surface area contributed by atoms with Gasteiger partial charge in [0.15, 0.2) is 0 Å². The number of amides is 1. The molecule has 0 radical (unpaired) electrons. The van der Waals surface area contributed by atoms with Crippen molar-refractivity contribution in [2.45, 2.75) is 26.3 Å². The first kappa shape index (κ1) is 11.3. The third kappa shape index (κ3) is 2.49. The van der Waals surface area contributed by atoms with E-state index in [0.29, 0.717) is 5.82 Å². The van der Waals surface area contributed by atoms with E-state index in [4.69, 9.17) is 0 Å². The predicted molar refractivity (Wildman–Crippen MR) is 60.2 cm³/mol. The molecule has 0 fully saturated rings. The molecule has 7 nitrogen and oxygen atoms in total. The number of nitrogens with zero attached hydrogens (tertiary/aromatic N) is 3. The van der Waals surface area contributed by atoms with E-state index in [1.807, 2.05) is 13.8 Å². The number of rotatable bonds is 4. The minimum atomic E-state index is -0.297. The Balaban J connectivity index is 2.01. The summed E-state index contributed by atoms with van der Waals surface area (Å²) in [7, 11) is 0. The monoisotopic (exact) mass is 234 g/mol. The number of carbonyl (C=O) groups excluding carboxylic acids is 1. The number of H-pyrrole nitrogens is 2. The standard InChI is InChI=1S/C10H14N6O/c1-3-8-14-9(16-15-8)10(17)13-6(2)7-4-11-12-5-7/h4-6H,3H2,1-2H3,(H,11,12)(H,13,17)(H,14,15,16). The van der Waals surface area contributed by atoms with Gasteiger partial charge in [-0.3, -0.25) is 15.0 Å². The summed E-state index contributed by atoms with van der Waals surface area (Å²) in [6, 6.07) is -0.134. The van der Waals surface area contributed by atoms with E-state index in [2.05, 4.69) is 30.7 Å². The summed E-state index contributed by atoms with van der Waals surface area (Å²) >= 11 is 0. The molecule has 1 amide bonds. The van der Waals surface area contributed by atoms with Crippen LogP contribution in [0.4, 0.5) is 0 Å². The van der Waals surface area contributed by atoms with Crippen LogP contribution in [0.25, 0.3) is 0 Å². The maximum Gasteiger partial charge on any atom is 0.291 e. The molecule has 2 rings (SSSR count). The first-order chi connectivity index (χ1) is 8.20. The van der Waals surface area contributed by atoms with E-state index in [1.165, 1.54) is 0 Å². The van der Waals surface area contributed by atoms with Gasteiger partial charge in [0, 0.05) is 18.2 Å². The van der Waals surface area contributed by atoms with Crippen molar-refractivity contribution in [3.63, 3.8) is 0 Å². The van der Waals surface area contributed by atoms with Crippen LogP contribution < -0.4 is 5.32 Å². The van der Waals surface area contributed by atoms with Gasteiger partial charge in [-0.05, 0) is 6.92 Å². The van der Waals surface area contributed by atoms with Crippen molar-refractivity contribution in [2.24, 2.45) is 0 Å². The maximum atomic E-state index is 11.8. The van der Waals surface area contributed by atoms with Gasteiger partial charge in [-0.15, -0.1) is 5.10 Å². The van der Waals surface area contributed by atoms with Crippen molar-refractivity contribution in [3.05, 3.63) is 29.6 Å². The van der Waals surface area contributed by atoms with Crippen LogP contribution in [0, 0.1) is 0 Å². The van der Waals surface area contributed by atoms with Gasteiger partial charge < -0.3 is 5.32 Å². The van der Waals surface area contributed by atoms with Gasteiger partial charge in [0.2, 0.25) is 5.82 Å². The fraction of sp³-hybridized carbons (Fsp3) is 0.400. The minimum Gasteiger partial charge on any atom is -0.343 e. The van der Waals surface area contributed by atoms with Crippen LogP contribution in [-0.2, 0) is 6.42 Å². The van der Waals surface area contributed by atoms with Crippen LogP contribution in [0.3, 0.4) is 0 Å². The highest BCUT2D eigenvalue weighted by atomic mass is 16.2. The first-order valence-corrected chi connectivity index (χ1v) is 5.41. The Morgan fingerprint density at radius 3 is 3.00 bits per heavy atom. The lowest BCUT2D eigenvalue weighted by molar-refractivity contribution is 0.0929. The fourth-order valence-electron chi connectivity index (χ4n) is 1.40. The van der Waals surface area contributed by atoms with Crippen molar-refractivity contribution in [3.8, 4) is 0 Å². The van der Waals surface area contributed by atoms with Gasteiger partial charge in [-0.25, -0.2) is 4.98 Å². The molecule has 0 aliphatic heterocycles. The number of aryl methyl sites for hydroxylation is 1. The Morgan fingerprint density at radius 1 is 1.59 bits per heavy atom. The van der Waals surface area contributed by atoms with E-state index < -0.39 is 0 Å². The lowest BCUT2D eigenvalue weighted by atomic mass is 10.2. The molecule has 3 N–H and O–H groups in total. The van der Waals surface area contributed by atoms with E-state index in [-0.39, 0.29) is 17.8 Å². The Bertz CT molecular complexity index is 489. The number of hydrogen-bond donors (Lipinski definition) is 3. The van der Waals surface area contributed by atoms with Gasteiger partial charge in [-0.2, -0.15) is 5.10 Å². The summed E-state index contributed by atoms with van der Waals surface area (Å²) in [5, 5.41) is 15.9. The number of nitrogens with one attached hydrogen (secondary N) is 3. The van der Waals surface area contributed by atoms with Crippen molar-refractivity contribution in [2.75, 3.05) is 0 Å². The molecule has 1 unspecified atom stereocenters. The fourth-order valence-corrected chi connectivity index (χ4v) is 1.40. The molecule has 2 aromatic rings. The highest BCUT2D eigenvalue weighted by Crippen LogP contribution is 2.09. The number of carbonyl (C=O) groups is 1. The Labute approximate surface area is 98.0 Å². The summed E-state index contributed by atoms with van der Waals surface area (Å²) in [6.07, 6.45) is 4.12. The van der Waals surface area contributed by atoms with E-state index in [9.17, 15) is 4.79 Å². The second kappa shape index (κ2) is 4.77. The minimum absolute atomic E-state index is 0.134. The normalized spacial score (nSPS) is 12.4. The zero-order valence-electron chi connectivity index (χ0n) is 9.69. The third-order valence-electron chi connectivity index (χ3n) is 2.44. The van der Waals surface area contributed by atoms with Crippen LogP contribution in [0.15, 0.2) is 12.4 Å². The van der Waals surface area contributed by atoms with Gasteiger partial charge in [0.1, 0.15) is 5.82 Å². The Hall–Kier alpha value is -2.18. The zero-order valence-corrected chi connectivity index (χ0v) is 9.69. The second-order valence-corrected chi connectivity index (χ2v) is 3.69. The Morgan fingerprint density at radius 2 is 2.41 bits per heavy atom. The molecule has 0 aliphatic carbocycles. The summed E-state index contributed by atoms with van der Waals surface area (Å²) < 4.78 is 0. The van der Waals surface area contributed by atoms with Crippen molar-refractivity contribution < 1.29 is 4.79 Å². The lowest BCUT2D eigenvalue weighted by Gasteiger charge is -2.09. The van der Waals surface area contributed by atoms with E-state index >= 15 is 0 Å². The number of aromatic nitrogens is 5. The van der Waals surface area contributed by atoms with Gasteiger partial charge in [0.05, 0.1) is 12.2 Å². The topological polar surface area (TPSA) is 99.3 Å². The molecule has 17 heavy (non-hydrogen) atoms. The number of aromatic amines is 2. The van der Waals surface area contributed by atoms with Crippen molar-refractivity contribution in [1.29, 1.82) is 0 Å². The van der Waals surface area contributed by atoms with Crippen LogP contribution >= 0.6 is 0 Å². The summed E-state index contributed by atoms with van der Waals surface area (Å²) in [6.45, 7) is 3.81. The quantitative estimate of drug-likeness (QED) is 0.720. The molecule has 0 bridgehead atoms. The molecule has 2 heterocycles. The molecular formula is C10H14N6O. The maximum absolute atomic E-state index is 11.8. The Kier molecular flexibility index (Phi) is 3.17. The smallest absolute Gasteiger partial charge is 0.291 e. The zero-order chi connectivity index (χ0) is 12.3. The lowest BCUT2D eigenvalue weighted by Crippen LogP contribution is -2.27. The molecule has 7 heteroatoms. The molecule has 0 aliphatic rings.